The molecule has 0 heterocycles. The molecule has 3 N–H and O–H groups in total. The Morgan fingerprint density at radius 1 is 1.00 bits per heavy atom. The van der Waals surface area contributed by atoms with Crippen molar-refractivity contribution in [3.63, 3.8) is 0 Å². The molecule has 34 heavy (non-hydrogen) atoms. The Labute approximate surface area is 200 Å². The number of carbonyl (C=O) groups is 3. The number of hydrogen-bond donors (Lipinski definition) is 3. The minimum Gasteiger partial charge on any atom is -0.481 e. The Morgan fingerprint density at radius 3 is 2.18 bits per heavy atom. The predicted octanol–water partition coefficient (Wildman–Crippen LogP) is 4.56. The van der Waals surface area contributed by atoms with Gasteiger partial charge in [-0.05, 0) is 40.5 Å². The molecule has 0 spiro atoms. The van der Waals surface area contributed by atoms with Crippen molar-refractivity contribution in [3.8, 4) is 11.1 Å². The fourth-order valence-corrected chi connectivity index (χ4v) is 4.35. The first-order valence-electron chi connectivity index (χ1n) is 11.8. The van der Waals surface area contributed by atoms with E-state index in [1.54, 1.807) is 0 Å². The van der Waals surface area contributed by atoms with Crippen molar-refractivity contribution in [2.45, 2.75) is 46.0 Å². The summed E-state index contributed by atoms with van der Waals surface area (Å²) in [6.07, 6.45) is 0.770. The molecule has 7 nitrogen and oxygen atoms in total. The Hall–Kier alpha value is -3.35. The van der Waals surface area contributed by atoms with E-state index in [1.165, 1.54) is 22.3 Å². The minimum absolute atomic E-state index is 0.00821. The van der Waals surface area contributed by atoms with Crippen molar-refractivity contribution in [1.82, 2.24) is 10.6 Å². The third-order valence-electron chi connectivity index (χ3n) is 6.25. The summed E-state index contributed by atoms with van der Waals surface area (Å²) in [6, 6.07) is 16.4. The van der Waals surface area contributed by atoms with Gasteiger partial charge in [0.05, 0.1) is 6.42 Å². The maximum absolute atomic E-state index is 12.3. The number of ether oxygens (including phenoxy) is 1. The van der Waals surface area contributed by atoms with Gasteiger partial charge in [0.15, 0.2) is 0 Å². The lowest BCUT2D eigenvalue weighted by Crippen LogP contribution is -2.38. The average molecular weight is 467 g/mol. The number of hydrogen-bond acceptors (Lipinski definition) is 4. The number of nitrogens with one attached hydrogen (secondary N) is 2. The van der Waals surface area contributed by atoms with Crippen LogP contribution >= 0.6 is 0 Å². The number of carbonyl (C=O) groups excluding carboxylic acids is 2. The lowest BCUT2D eigenvalue weighted by Gasteiger charge is -2.24. The van der Waals surface area contributed by atoms with E-state index in [-0.39, 0.29) is 30.8 Å². The number of rotatable bonds is 11. The number of aliphatic carboxylic acids is 1. The smallest absolute Gasteiger partial charge is 0.407 e. The summed E-state index contributed by atoms with van der Waals surface area (Å²) < 4.78 is 5.52. The van der Waals surface area contributed by atoms with Crippen LogP contribution in [-0.4, -0.2) is 42.8 Å². The molecule has 1 aliphatic carbocycles. The van der Waals surface area contributed by atoms with Crippen LogP contribution in [0.5, 0.6) is 0 Å². The molecule has 3 rings (SSSR count). The lowest BCUT2D eigenvalue weighted by atomic mass is 9.89. The molecule has 2 amide bonds. The Bertz CT molecular complexity index is 988. The van der Waals surface area contributed by atoms with Crippen LogP contribution in [0.3, 0.4) is 0 Å². The van der Waals surface area contributed by atoms with Gasteiger partial charge in [-0.3, -0.25) is 9.59 Å². The van der Waals surface area contributed by atoms with Gasteiger partial charge in [-0.1, -0.05) is 69.3 Å². The third-order valence-corrected chi connectivity index (χ3v) is 6.25. The highest BCUT2D eigenvalue weighted by Gasteiger charge is 2.29. The number of carboxylic acids is 1. The number of amides is 2. The van der Waals surface area contributed by atoms with Crippen molar-refractivity contribution < 1.29 is 24.2 Å². The number of benzene rings is 2. The van der Waals surface area contributed by atoms with Crippen LogP contribution in [0.15, 0.2) is 48.5 Å². The summed E-state index contributed by atoms with van der Waals surface area (Å²) in [6.45, 7) is 6.44. The largest absolute Gasteiger partial charge is 0.481 e. The van der Waals surface area contributed by atoms with Crippen LogP contribution in [0.1, 0.15) is 57.1 Å². The van der Waals surface area contributed by atoms with Gasteiger partial charge >= 0.3 is 12.1 Å². The molecule has 2 aromatic carbocycles. The predicted molar refractivity (Wildman–Crippen MR) is 131 cm³/mol. The van der Waals surface area contributed by atoms with Gasteiger partial charge in [0.25, 0.3) is 0 Å². The summed E-state index contributed by atoms with van der Waals surface area (Å²) in [5.41, 5.74) is 4.20. The molecule has 0 radical (unpaired) electrons. The highest BCUT2D eigenvalue weighted by molar-refractivity contribution is 5.79. The van der Waals surface area contributed by atoms with E-state index in [1.807, 2.05) is 45.0 Å². The fraction of sp³-hybridized carbons (Fsp3) is 0.444. The van der Waals surface area contributed by atoms with Crippen molar-refractivity contribution in [3.05, 3.63) is 59.7 Å². The van der Waals surface area contributed by atoms with E-state index in [4.69, 9.17) is 9.84 Å². The van der Waals surface area contributed by atoms with Crippen LogP contribution in [0.25, 0.3) is 11.1 Å². The summed E-state index contributed by atoms with van der Waals surface area (Å²) in [5, 5.41) is 14.5. The zero-order valence-electron chi connectivity index (χ0n) is 20.1. The van der Waals surface area contributed by atoms with E-state index >= 15 is 0 Å². The molecule has 0 aliphatic heterocycles. The molecular weight excluding hydrogens is 432 g/mol. The summed E-state index contributed by atoms with van der Waals surface area (Å²) in [5.74, 6) is -1.21. The van der Waals surface area contributed by atoms with Crippen molar-refractivity contribution in [2.75, 3.05) is 19.7 Å². The van der Waals surface area contributed by atoms with E-state index in [0.717, 1.165) is 0 Å². The van der Waals surface area contributed by atoms with E-state index < -0.39 is 17.5 Å². The fourth-order valence-electron chi connectivity index (χ4n) is 4.35. The summed E-state index contributed by atoms with van der Waals surface area (Å²) in [4.78, 5) is 35.4. The Kier molecular flexibility index (Phi) is 8.31. The number of fused-ring (bicyclic) bond motifs is 3. The lowest BCUT2D eigenvalue weighted by molar-refractivity contribution is -0.139. The molecule has 7 heteroatoms. The number of alkyl carbamates (subject to hydrolysis) is 1. The first-order chi connectivity index (χ1) is 16.2. The molecule has 1 aliphatic rings. The monoisotopic (exact) mass is 466 g/mol. The van der Waals surface area contributed by atoms with Gasteiger partial charge < -0.3 is 20.5 Å². The summed E-state index contributed by atoms with van der Waals surface area (Å²) >= 11 is 0. The van der Waals surface area contributed by atoms with Gasteiger partial charge in [0.1, 0.15) is 6.61 Å². The second-order valence-electron chi connectivity index (χ2n) is 9.75. The third kappa shape index (κ3) is 6.59. The van der Waals surface area contributed by atoms with Gasteiger partial charge in [-0.25, -0.2) is 4.79 Å². The highest BCUT2D eigenvalue weighted by atomic mass is 16.5. The zero-order chi connectivity index (χ0) is 24.7. The Balaban J connectivity index is 1.38. The van der Waals surface area contributed by atoms with E-state index in [9.17, 15) is 14.4 Å². The van der Waals surface area contributed by atoms with Crippen LogP contribution in [0.4, 0.5) is 4.79 Å². The molecule has 0 saturated carbocycles. The normalized spacial score (nSPS) is 13.5. The molecular formula is C27H34N2O5. The molecule has 2 aromatic rings. The molecule has 0 aromatic heterocycles. The van der Waals surface area contributed by atoms with Crippen LogP contribution in [-0.2, 0) is 14.3 Å². The molecule has 1 unspecified atom stereocenters. The average Bonchev–Trinajstić information content (AvgIpc) is 3.12. The van der Waals surface area contributed by atoms with Crippen LogP contribution in [0.2, 0.25) is 0 Å². The maximum atomic E-state index is 12.3. The quantitative estimate of drug-likeness (QED) is 0.421. The zero-order valence-corrected chi connectivity index (χ0v) is 20.1. The van der Waals surface area contributed by atoms with Gasteiger partial charge in [-0.2, -0.15) is 0 Å². The second-order valence-corrected chi connectivity index (χ2v) is 9.75. The van der Waals surface area contributed by atoms with Gasteiger partial charge in [0, 0.05) is 24.9 Å². The maximum Gasteiger partial charge on any atom is 0.407 e. The first kappa shape index (κ1) is 25.3. The van der Waals surface area contributed by atoms with E-state index in [0.29, 0.717) is 25.9 Å². The molecule has 1 atom stereocenters. The van der Waals surface area contributed by atoms with Gasteiger partial charge in [-0.15, -0.1) is 0 Å². The summed E-state index contributed by atoms with van der Waals surface area (Å²) in [7, 11) is 0. The topological polar surface area (TPSA) is 105 Å². The van der Waals surface area contributed by atoms with Crippen molar-refractivity contribution in [1.29, 1.82) is 0 Å². The number of carboxylic acid groups (broad SMARTS) is 1. The van der Waals surface area contributed by atoms with Crippen LogP contribution in [0, 0.1) is 11.3 Å². The standard InChI is InChI=1S/C27H34N2O5/c1-18(25(32)29-17-27(2,3)15-24(30)31)9-8-14-28-26(33)34-16-23-21-12-6-4-10-19(21)20-11-5-7-13-22(20)23/h4-7,10-13,18,23H,8-9,14-17H2,1-3H3,(H,28,33)(H,29,32)(H,30,31). The minimum atomic E-state index is -0.883. The first-order valence-corrected chi connectivity index (χ1v) is 11.8. The molecule has 0 bridgehead atoms. The SMILES string of the molecule is CC(CCCNC(=O)OCC1c2ccccc2-c2ccccc21)C(=O)NCC(C)(C)CC(=O)O. The van der Waals surface area contributed by atoms with Crippen molar-refractivity contribution in [2.24, 2.45) is 11.3 Å². The van der Waals surface area contributed by atoms with Crippen molar-refractivity contribution >= 4 is 18.0 Å². The van der Waals surface area contributed by atoms with Gasteiger partial charge in [0.2, 0.25) is 5.91 Å². The van der Waals surface area contributed by atoms with Crippen LogP contribution < -0.4 is 10.6 Å². The Morgan fingerprint density at radius 2 is 1.59 bits per heavy atom. The second kappa shape index (κ2) is 11.2. The molecule has 182 valence electrons. The van der Waals surface area contributed by atoms with E-state index in [2.05, 4.69) is 34.9 Å². The molecule has 0 fully saturated rings. The highest BCUT2D eigenvalue weighted by Crippen LogP contribution is 2.44. The molecule has 0 saturated heterocycles.